The van der Waals surface area contributed by atoms with Crippen LogP contribution in [0.4, 0.5) is 5.69 Å². The maximum absolute atomic E-state index is 14.5. The quantitative estimate of drug-likeness (QED) is 0.429. The summed E-state index contributed by atoms with van der Waals surface area (Å²) in [5.74, 6) is 0.0832. The van der Waals surface area contributed by atoms with Crippen molar-refractivity contribution in [1.29, 1.82) is 0 Å². The molecule has 0 aliphatic heterocycles. The number of nitrogens with zero attached hydrogens (tertiary/aromatic N) is 1. The van der Waals surface area contributed by atoms with E-state index in [4.69, 9.17) is 4.52 Å². The van der Waals surface area contributed by atoms with E-state index in [0.717, 1.165) is 23.0 Å². The van der Waals surface area contributed by atoms with E-state index in [2.05, 4.69) is 36.7 Å². The molecule has 0 radical (unpaired) electrons. The van der Waals surface area contributed by atoms with Gasteiger partial charge in [-0.1, -0.05) is 55.3 Å². The van der Waals surface area contributed by atoms with E-state index in [1.807, 2.05) is 67.5 Å². The van der Waals surface area contributed by atoms with Crippen molar-refractivity contribution in [3.05, 3.63) is 58.6 Å². The van der Waals surface area contributed by atoms with Crippen molar-refractivity contribution in [2.45, 2.75) is 52.0 Å². The molecule has 1 aliphatic carbocycles. The molecular formula is C25H35BrNO3P. The molecule has 1 saturated carbocycles. The molecule has 0 saturated heterocycles. The number of hydrogen-bond donors (Lipinski definition) is 1. The fraction of sp³-hybridized carbons (Fsp3) is 0.520. The maximum atomic E-state index is 14.5. The van der Waals surface area contributed by atoms with Crippen molar-refractivity contribution in [2.24, 2.45) is 17.8 Å². The van der Waals surface area contributed by atoms with Crippen molar-refractivity contribution in [2.75, 3.05) is 19.0 Å². The van der Waals surface area contributed by atoms with Gasteiger partial charge in [-0.15, -0.1) is 0 Å². The minimum atomic E-state index is -3.60. The van der Waals surface area contributed by atoms with Crippen LogP contribution < -0.4 is 10.2 Å². The number of rotatable bonds is 7. The molecule has 31 heavy (non-hydrogen) atoms. The van der Waals surface area contributed by atoms with E-state index >= 15 is 0 Å². The van der Waals surface area contributed by atoms with Gasteiger partial charge in [0.05, 0.1) is 6.10 Å². The summed E-state index contributed by atoms with van der Waals surface area (Å²) in [5, 5.41) is 11.9. The minimum absolute atomic E-state index is 0.131. The Bertz CT molecular complexity index is 898. The Morgan fingerprint density at radius 3 is 2.23 bits per heavy atom. The summed E-state index contributed by atoms with van der Waals surface area (Å²) in [6.07, 6.45) is 2.97. The summed E-state index contributed by atoms with van der Waals surface area (Å²) < 4.78 is 22.0. The van der Waals surface area contributed by atoms with Gasteiger partial charge in [-0.25, -0.2) is 0 Å². The zero-order valence-electron chi connectivity index (χ0n) is 19.2. The van der Waals surface area contributed by atoms with Crippen LogP contribution in [0.25, 0.3) is 0 Å². The van der Waals surface area contributed by atoms with Gasteiger partial charge in [0.2, 0.25) is 0 Å². The number of anilines is 1. The lowest BCUT2D eigenvalue weighted by Crippen LogP contribution is -2.35. The Morgan fingerprint density at radius 1 is 1.06 bits per heavy atom. The summed E-state index contributed by atoms with van der Waals surface area (Å²) >= 11 is 3.43. The second-order valence-corrected chi connectivity index (χ2v) is 12.7. The van der Waals surface area contributed by atoms with Gasteiger partial charge in [0, 0.05) is 29.6 Å². The predicted molar refractivity (Wildman–Crippen MR) is 133 cm³/mol. The monoisotopic (exact) mass is 507 g/mol. The lowest BCUT2D eigenvalue weighted by Gasteiger charge is -2.40. The van der Waals surface area contributed by atoms with Crippen LogP contribution in [0.15, 0.2) is 53.0 Å². The maximum Gasteiger partial charge on any atom is 0.264 e. The molecule has 3 rings (SSSR count). The first kappa shape index (κ1) is 24.5. The van der Waals surface area contributed by atoms with Gasteiger partial charge in [0.15, 0.2) is 5.85 Å². The number of halogens is 1. The molecule has 0 bridgehead atoms. The first-order valence-electron chi connectivity index (χ1n) is 11.1. The molecule has 0 amide bonds. The molecule has 0 spiro atoms. The summed E-state index contributed by atoms with van der Waals surface area (Å²) in [4.78, 5) is 2.00. The fourth-order valence-electron chi connectivity index (χ4n) is 4.49. The van der Waals surface area contributed by atoms with Crippen LogP contribution in [-0.4, -0.2) is 25.3 Å². The number of aliphatic hydroxyl groups is 1. The molecule has 170 valence electrons. The van der Waals surface area contributed by atoms with E-state index in [1.54, 1.807) is 0 Å². The Kier molecular flexibility index (Phi) is 8.07. The van der Waals surface area contributed by atoms with Crippen molar-refractivity contribution in [3.63, 3.8) is 0 Å². The Morgan fingerprint density at radius 2 is 1.68 bits per heavy atom. The number of aliphatic hydroxyl groups excluding tert-OH is 1. The molecule has 4 nitrogen and oxygen atoms in total. The van der Waals surface area contributed by atoms with Crippen LogP contribution in [0.3, 0.4) is 0 Å². The Balaban J connectivity index is 2.02. The van der Waals surface area contributed by atoms with Gasteiger partial charge < -0.3 is 14.5 Å². The minimum Gasteiger partial charge on any atom is -0.378 e. The standard InChI is InChI=1S/C25H35BrNO3P/c1-17(2)23-15-6-18(3)16-24(23)30-31(29,22-13-11-21(12-14-22)27(4)5)25(28)19-7-9-20(26)10-8-19/h7-14,17-18,23-25,28H,6,15-16H2,1-5H3/t18-,23-,24-,25-,31+/m1/s1. The number of benzene rings is 2. The molecule has 6 heteroatoms. The highest BCUT2D eigenvalue weighted by Gasteiger charge is 2.42. The zero-order valence-corrected chi connectivity index (χ0v) is 21.6. The average Bonchev–Trinajstić information content (AvgIpc) is 2.73. The van der Waals surface area contributed by atoms with Gasteiger partial charge in [-0.05, 0) is 72.6 Å². The van der Waals surface area contributed by atoms with Crippen LogP contribution in [-0.2, 0) is 9.09 Å². The fourth-order valence-corrected chi connectivity index (χ4v) is 7.04. The molecule has 2 aromatic carbocycles. The van der Waals surface area contributed by atoms with Crippen LogP contribution in [0.5, 0.6) is 0 Å². The number of hydrogen-bond acceptors (Lipinski definition) is 4. The summed E-state index contributed by atoms with van der Waals surface area (Å²) in [6.45, 7) is 6.65. The summed E-state index contributed by atoms with van der Waals surface area (Å²) in [7, 11) is 0.341. The van der Waals surface area contributed by atoms with Crippen molar-refractivity contribution in [3.8, 4) is 0 Å². The van der Waals surface area contributed by atoms with E-state index in [9.17, 15) is 9.67 Å². The average molecular weight is 508 g/mol. The zero-order chi connectivity index (χ0) is 22.8. The van der Waals surface area contributed by atoms with Gasteiger partial charge in [0.25, 0.3) is 7.37 Å². The molecular weight excluding hydrogens is 473 g/mol. The van der Waals surface area contributed by atoms with Crippen LogP contribution >= 0.6 is 23.3 Å². The van der Waals surface area contributed by atoms with E-state index in [1.165, 1.54) is 6.42 Å². The van der Waals surface area contributed by atoms with E-state index in [0.29, 0.717) is 28.6 Å². The van der Waals surface area contributed by atoms with E-state index in [-0.39, 0.29) is 6.10 Å². The van der Waals surface area contributed by atoms with Crippen LogP contribution in [0, 0.1) is 17.8 Å². The topological polar surface area (TPSA) is 49.8 Å². The first-order valence-corrected chi connectivity index (χ1v) is 13.6. The van der Waals surface area contributed by atoms with Crippen molar-refractivity contribution in [1.82, 2.24) is 0 Å². The summed E-state index contributed by atoms with van der Waals surface area (Å²) in [6, 6.07) is 14.9. The van der Waals surface area contributed by atoms with Crippen LogP contribution in [0.2, 0.25) is 0 Å². The van der Waals surface area contributed by atoms with Gasteiger partial charge in [-0.3, -0.25) is 4.57 Å². The molecule has 2 aromatic rings. The third-order valence-corrected chi connectivity index (χ3v) is 9.54. The second kappa shape index (κ2) is 10.2. The molecule has 0 heterocycles. The second-order valence-electron chi connectivity index (χ2n) is 9.40. The van der Waals surface area contributed by atoms with Crippen molar-refractivity contribution < 1.29 is 14.2 Å². The molecule has 0 unspecified atom stereocenters. The smallest absolute Gasteiger partial charge is 0.264 e. The lowest BCUT2D eigenvalue weighted by atomic mass is 9.75. The highest BCUT2D eigenvalue weighted by Crippen LogP contribution is 2.60. The Hall–Kier alpha value is -1.13. The van der Waals surface area contributed by atoms with Gasteiger partial charge in [-0.2, -0.15) is 0 Å². The lowest BCUT2D eigenvalue weighted by molar-refractivity contribution is 0.0427. The third-order valence-electron chi connectivity index (χ3n) is 6.47. The normalized spacial score (nSPS) is 24.6. The van der Waals surface area contributed by atoms with Gasteiger partial charge in [0.1, 0.15) is 0 Å². The predicted octanol–water partition coefficient (Wildman–Crippen LogP) is 6.59. The van der Waals surface area contributed by atoms with Crippen LogP contribution in [0.1, 0.15) is 51.4 Å². The molecule has 1 aliphatic rings. The molecule has 5 atom stereocenters. The first-order chi connectivity index (χ1) is 14.6. The Labute approximate surface area is 195 Å². The highest BCUT2D eigenvalue weighted by atomic mass is 79.9. The SMILES string of the molecule is CC(C)[C@H]1CC[C@@H](C)C[C@H]1O[P@@](=O)(c1ccc(N(C)C)cc1)[C@@H](O)c1ccc(Br)cc1. The van der Waals surface area contributed by atoms with Gasteiger partial charge >= 0.3 is 0 Å². The summed E-state index contributed by atoms with van der Waals surface area (Å²) in [5.41, 5.74) is 1.62. The highest BCUT2D eigenvalue weighted by molar-refractivity contribution is 9.10. The molecule has 1 N–H and O–H groups in total. The van der Waals surface area contributed by atoms with E-state index < -0.39 is 13.2 Å². The van der Waals surface area contributed by atoms with Crippen molar-refractivity contribution >= 4 is 34.3 Å². The molecule has 1 fully saturated rings. The third kappa shape index (κ3) is 5.63. The molecule has 0 aromatic heterocycles. The largest absolute Gasteiger partial charge is 0.378 e.